The van der Waals surface area contributed by atoms with E-state index in [2.05, 4.69) is 16.6 Å². The third kappa shape index (κ3) is 3.74. The maximum Gasteiger partial charge on any atom is 0.384 e. The minimum atomic E-state index is -0.511. The first kappa shape index (κ1) is 11.1. The summed E-state index contributed by atoms with van der Waals surface area (Å²) >= 11 is 0. The van der Waals surface area contributed by atoms with Gasteiger partial charge in [-0.2, -0.15) is 0 Å². The Morgan fingerprint density at radius 2 is 1.93 bits per heavy atom. The number of carbonyl (C=O) groups excluding carboxylic acids is 1. The van der Waals surface area contributed by atoms with Gasteiger partial charge in [-0.15, -0.1) is 0 Å². The van der Waals surface area contributed by atoms with Gasteiger partial charge in [0.05, 0.1) is 14.2 Å². The van der Waals surface area contributed by atoms with Crippen molar-refractivity contribution in [3.63, 3.8) is 0 Å². The first-order valence-corrected chi connectivity index (χ1v) is 4.46. The average Bonchev–Trinajstić information content (AvgIpc) is 2.29. The highest BCUT2D eigenvalue weighted by molar-refractivity contribution is 5.88. The van der Waals surface area contributed by atoms with Crippen LogP contribution < -0.4 is 4.74 Å². The topological polar surface area (TPSA) is 35.5 Å². The molecule has 0 amide bonds. The third-order valence-corrected chi connectivity index (χ3v) is 1.83. The van der Waals surface area contributed by atoms with Crippen molar-refractivity contribution in [3.8, 4) is 17.6 Å². The van der Waals surface area contributed by atoms with Gasteiger partial charge < -0.3 is 9.47 Å². The maximum atomic E-state index is 10.7. The van der Waals surface area contributed by atoms with Crippen molar-refractivity contribution in [2.24, 2.45) is 0 Å². The highest BCUT2D eigenvalue weighted by Gasteiger charge is 1.93. The van der Waals surface area contributed by atoms with E-state index in [0.29, 0.717) is 6.42 Å². The zero-order valence-corrected chi connectivity index (χ0v) is 8.74. The van der Waals surface area contributed by atoms with Crippen molar-refractivity contribution in [2.75, 3.05) is 14.2 Å². The van der Waals surface area contributed by atoms with E-state index in [9.17, 15) is 4.79 Å². The van der Waals surface area contributed by atoms with Gasteiger partial charge in [0.15, 0.2) is 0 Å². The molecule has 0 heterocycles. The van der Waals surface area contributed by atoms with Crippen LogP contribution in [-0.2, 0) is 16.0 Å². The molecule has 0 radical (unpaired) electrons. The molecule has 0 spiro atoms. The second kappa shape index (κ2) is 5.71. The van der Waals surface area contributed by atoms with Crippen molar-refractivity contribution in [2.45, 2.75) is 6.42 Å². The Kier molecular flexibility index (Phi) is 4.24. The van der Waals surface area contributed by atoms with Crippen LogP contribution in [0.2, 0.25) is 0 Å². The van der Waals surface area contributed by atoms with Crippen LogP contribution >= 0.6 is 0 Å². The summed E-state index contributed by atoms with van der Waals surface area (Å²) in [4.78, 5) is 10.7. The fraction of sp³-hybridized carbons (Fsp3) is 0.250. The van der Waals surface area contributed by atoms with Crippen molar-refractivity contribution in [1.29, 1.82) is 0 Å². The Balaban J connectivity index is 2.57. The van der Waals surface area contributed by atoms with Crippen LogP contribution in [0.3, 0.4) is 0 Å². The van der Waals surface area contributed by atoms with E-state index >= 15 is 0 Å². The molecule has 0 saturated heterocycles. The summed E-state index contributed by atoms with van der Waals surface area (Å²) in [5, 5.41) is 0. The molecule has 78 valence electrons. The van der Waals surface area contributed by atoms with E-state index in [0.717, 1.165) is 11.3 Å². The van der Waals surface area contributed by atoms with E-state index in [1.165, 1.54) is 7.11 Å². The number of esters is 1. The van der Waals surface area contributed by atoms with Gasteiger partial charge in [-0.3, -0.25) is 0 Å². The number of hydrogen-bond donors (Lipinski definition) is 0. The van der Waals surface area contributed by atoms with E-state index in [4.69, 9.17) is 4.74 Å². The first-order valence-electron chi connectivity index (χ1n) is 4.46. The van der Waals surface area contributed by atoms with Crippen LogP contribution in [0.5, 0.6) is 5.75 Å². The highest BCUT2D eigenvalue weighted by Crippen LogP contribution is 2.11. The molecule has 0 aliphatic rings. The van der Waals surface area contributed by atoms with Crippen molar-refractivity contribution in [1.82, 2.24) is 0 Å². The fourth-order valence-electron chi connectivity index (χ4n) is 1.01. The smallest absolute Gasteiger partial charge is 0.384 e. The second-order valence-corrected chi connectivity index (χ2v) is 2.82. The normalized spacial score (nSPS) is 8.67. The Morgan fingerprint density at radius 1 is 1.27 bits per heavy atom. The molecule has 0 unspecified atom stereocenters. The van der Waals surface area contributed by atoms with Crippen LogP contribution in [0.15, 0.2) is 24.3 Å². The molecule has 0 aliphatic carbocycles. The number of hydrogen-bond acceptors (Lipinski definition) is 3. The second-order valence-electron chi connectivity index (χ2n) is 2.82. The number of ether oxygens (including phenoxy) is 2. The summed E-state index contributed by atoms with van der Waals surface area (Å²) in [6.45, 7) is 0. The molecule has 0 saturated carbocycles. The molecular weight excluding hydrogens is 192 g/mol. The lowest BCUT2D eigenvalue weighted by Gasteiger charge is -1.99. The summed E-state index contributed by atoms with van der Waals surface area (Å²) in [5.74, 6) is 5.39. The van der Waals surface area contributed by atoms with Crippen LogP contribution in [0, 0.1) is 11.8 Å². The zero-order valence-electron chi connectivity index (χ0n) is 8.74. The molecule has 0 bridgehead atoms. The van der Waals surface area contributed by atoms with E-state index in [1.54, 1.807) is 7.11 Å². The predicted molar refractivity (Wildman–Crippen MR) is 56.5 cm³/mol. The molecule has 15 heavy (non-hydrogen) atoms. The molecule has 1 aromatic carbocycles. The molecule has 0 N–H and O–H groups in total. The van der Waals surface area contributed by atoms with Crippen LogP contribution in [0.25, 0.3) is 0 Å². The lowest BCUT2D eigenvalue weighted by atomic mass is 10.1. The minimum absolute atomic E-state index is 0.511. The monoisotopic (exact) mass is 204 g/mol. The van der Waals surface area contributed by atoms with E-state index in [-0.39, 0.29) is 0 Å². The molecule has 3 nitrogen and oxygen atoms in total. The summed E-state index contributed by atoms with van der Waals surface area (Å²) in [6, 6.07) is 7.53. The van der Waals surface area contributed by atoms with Gasteiger partial charge >= 0.3 is 5.97 Å². The van der Waals surface area contributed by atoms with Gasteiger partial charge in [-0.05, 0) is 17.7 Å². The van der Waals surface area contributed by atoms with Gasteiger partial charge in [-0.1, -0.05) is 18.1 Å². The van der Waals surface area contributed by atoms with Gasteiger partial charge in [-0.25, -0.2) is 4.79 Å². The molecule has 1 rings (SSSR count). The van der Waals surface area contributed by atoms with Crippen LogP contribution in [-0.4, -0.2) is 20.2 Å². The van der Waals surface area contributed by atoms with E-state index in [1.807, 2.05) is 24.3 Å². The largest absolute Gasteiger partial charge is 0.497 e. The highest BCUT2D eigenvalue weighted by atomic mass is 16.5. The Hall–Kier alpha value is -1.95. The van der Waals surface area contributed by atoms with Gasteiger partial charge in [0.2, 0.25) is 0 Å². The van der Waals surface area contributed by atoms with Gasteiger partial charge in [0.1, 0.15) is 5.75 Å². The number of methoxy groups -OCH3 is 2. The molecule has 1 aromatic rings. The number of carbonyl (C=O) groups is 1. The SMILES string of the molecule is COC(=O)C#CCc1ccc(OC)cc1. The molecule has 3 heteroatoms. The quantitative estimate of drug-likeness (QED) is 0.415. The Morgan fingerprint density at radius 3 is 2.47 bits per heavy atom. The Bertz CT molecular complexity index is 382. The predicted octanol–water partition coefficient (Wildman–Crippen LogP) is 1.41. The lowest BCUT2D eigenvalue weighted by molar-refractivity contribution is -0.133. The molecule has 0 fully saturated rings. The van der Waals surface area contributed by atoms with Crippen LogP contribution in [0.1, 0.15) is 5.56 Å². The average molecular weight is 204 g/mol. The lowest BCUT2D eigenvalue weighted by Crippen LogP contribution is -1.94. The van der Waals surface area contributed by atoms with Crippen LogP contribution in [0.4, 0.5) is 0 Å². The molecule has 0 aliphatic heterocycles. The number of rotatable bonds is 2. The minimum Gasteiger partial charge on any atom is -0.497 e. The van der Waals surface area contributed by atoms with Gasteiger partial charge in [0.25, 0.3) is 0 Å². The Labute approximate surface area is 89.0 Å². The standard InChI is InChI=1S/C12H12O3/c1-14-11-8-6-10(7-9-11)4-3-5-12(13)15-2/h6-9H,4H2,1-2H3. The first-order chi connectivity index (χ1) is 7.26. The summed E-state index contributed by atoms with van der Waals surface area (Å²) in [7, 11) is 2.93. The third-order valence-electron chi connectivity index (χ3n) is 1.83. The maximum absolute atomic E-state index is 10.7. The van der Waals surface area contributed by atoms with Crippen molar-refractivity contribution in [3.05, 3.63) is 29.8 Å². The summed E-state index contributed by atoms with van der Waals surface area (Å²) in [6.07, 6.45) is 0.527. The number of benzene rings is 1. The molecular formula is C12H12O3. The fourth-order valence-corrected chi connectivity index (χ4v) is 1.01. The van der Waals surface area contributed by atoms with Gasteiger partial charge in [0, 0.05) is 12.3 Å². The van der Waals surface area contributed by atoms with E-state index < -0.39 is 5.97 Å². The summed E-state index contributed by atoms with van der Waals surface area (Å²) in [5.41, 5.74) is 1.03. The van der Waals surface area contributed by atoms with Crippen molar-refractivity contribution >= 4 is 5.97 Å². The molecule has 0 aromatic heterocycles. The summed E-state index contributed by atoms with van der Waals surface area (Å²) < 4.78 is 9.41. The zero-order chi connectivity index (χ0) is 11.1. The van der Waals surface area contributed by atoms with Crippen molar-refractivity contribution < 1.29 is 14.3 Å². The molecule has 0 atom stereocenters.